The SMILES string of the molecule is CC[C@@H](Oc1ccc2c(c1)CCCC2)C(=O)N[C@H](C)c1ccc(C)cc1C. The highest BCUT2D eigenvalue weighted by Crippen LogP contribution is 2.26. The number of hydrogen-bond acceptors (Lipinski definition) is 2. The molecule has 1 amide bonds. The van der Waals surface area contributed by atoms with E-state index in [1.54, 1.807) is 0 Å². The molecule has 0 bridgehead atoms. The van der Waals surface area contributed by atoms with E-state index in [1.807, 2.05) is 19.9 Å². The Morgan fingerprint density at radius 2 is 1.81 bits per heavy atom. The van der Waals surface area contributed by atoms with Crippen LogP contribution in [0, 0.1) is 13.8 Å². The van der Waals surface area contributed by atoms with Crippen LogP contribution in [0.15, 0.2) is 36.4 Å². The second-order valence-corrected chi connectivity index (χ2v) is 7.74. The topological polar surface area (TPSA) is 38.3 Å². The molecule has 0 spiro atoms. The molecule has 3 heteroatoms. The van der Waals surface area contributed by atoms with Crippen LogP contribution in [0.2, 0.25) is 0 Å². The zero-order valence-corrected chi connectivity index (χ0v) is 17.0. The molecule has 0 radical (unpaired) electrons. The van der Waals surface area contributed by atoms with Crippen LogP contribution in [0.25, 0.3) is 0 Å². The van der Waals surface area contributed by atoms with Gasteiger partial charge in [0, 0.05) is 0 Å². The molecule has 0 heterocycles. The molecule has 0 saturated carbocycles. The van der Waals surface area contributed by atoms with E-state index in [2.05, 4.69) is 49.5 Å². The summed E-state index contributed by atoms with van der Waals surface area (Å²) < 4.78 is 6.07. The van der Waals surface area contributed by atoms with Crippen LogP contribution < -0.4 is 10.1 Å². The van der Waals surface area contributed by atoms with E-state index in [0.29, 0.717) is 6.42 Å². The number of carbonyl (C=O) groups is 1. The molecular weight excluding hydrogens is 334 g/mol. The number of carbonyl (C=O) groups excluding carboxylic acids is 1. The summed E-state index contributed by atoms with van der Waals surface area (Å²) in [6.07, 6.45) is 4.94. The lowest BCUT2D eigenvalue weighted by atomic mass is 9.92. The van der Waals surface area contributed by atoms with Crippen LogP contribution in [0.5, 0.6) is 5.75 Å². The Balaban J connectivity index is 1.67. The molecule has 3 rings (SSSR count). The predicted octanol–water partition coefficient (Wildman–Crippen LogP) is 5.22. The van der Waals surface area contributed by atoms with Crippen molar-refractivity contribution < 1.29 is 9.53 Å². The Bertz CT molecular complexity index is 812. The number of amides is 1. The lowest BCUT2D eigenvalue weighted by Crippen LogP contribution is -2.39. The maximum absolute atomic E-state index is 12.8. The zero-order valence-electron chi connectivity index (χ0n) is 17.0. The first-order valence-electron chi connectivity index (χ1n) is 10.1. The van der Waals surface area contributed by atoms with Gasteiger partial charge in [0.05, 0.1) is 6.04 Å². The Morgan fingerprint density at radius 3 is 2.52 bits per heavy atom. The molecule has 0 saturated heterocycles. The van der Waals surface area contributed by atoms with Crippen LogP contribution in [-0.4, -0.2) is 12.0 Å². The van der Waals surface area contributed by atoms with Gasteiger partial charge in [0.1, 0.15) is 5.75 Å². The fraction of sp³-hybridized carbons (Fsp3) is 0.458. The predicted molar refractivity (Wildman–Crippen MR) is 110 cm³/mol. The lowest BCUT2D eigenvalue weighted by Gasteiger charge is -2.23. The van der Waals surface area contributed by atoms with E-state index in [1.165, 1.54) is 35.1 Å². The van der Waals surface area contributed by atoms with Crippen molar-refractivity contribution >= 4 is 5.91 Å². The van der Waals surface area contributed by atoms with Gasteiger partial charge in [-0.15, -0.1) is 0 Å². The third-order valence-electron chi connectivity index (χ3n) is 5.51. The van der Waals surface area contributed by atoms with Crippen molar-refractivity contribution in [1.29, 1.82) is 0 Å². The summed E-state index contributed by atoms with van der Waals surface area (Å²) >= 11 is 0. The molecule has 2 aromatic carbocycles. The molecule has 2 atom stereocenters. The van der Waals surface area contributed by atoms with E-state index in [-0.39, 0.29) is 11.9 Å². The summed E-state index contributed by atoms with van der Waals surface area (Å²) in [4.78, 5) is 12.8. The number of nitrogens with one attached hydrogen (secondary N) is 1. The minimum Gasteiger partial charge on any atom is -0.481 e. The second kappa shape index (κ2) is 8.60. The van der Waals surface area contributed by atoms with Crippen LogP contribution >= 0.6 is 0 Å². The lowest BCUT2D eigenvalue weighted by molar-refractivity contribution is -0.128. The molecule has 1 aliphatic carbocycles. The summed E-state index contributed by atoms with van der Waals surface area (Å²) in [5, 5.41) is 3.13. The van der Waals surface area contributed by atoms with Crippen molar-refractivity contribution in [3.8, 4) is 5.75 Å². The van der Waals surface area contributed by atoms with Crippen LogP contribution in [0.1, 0.15) is 67.0 Å². The molecule has 0 fully saturated rings. The summed E-state index contributed by atoms with van der Waals surface area (Å²) in [5.41, 5.74) is 6.38. The second-order valence-electron chi connectivity index (χ2n) is 7.74. The van der Waals surface area contributed by atoms with Crippen molar-refractivity contribution in [3.63, 3.8) is 0 Å². The molecule has 0 aromatic heterocycles. The average molecular weight is 366 g/mol. The highest BCUT2D eigenvalue weighted by atomic mass is 16.5. The Labute approximate surface area is 163 Å². The van der Waals surface area contributed by atoms with Crippen LogP contribution in [0.3, 0.4) is 0 Å². The molecule has 3 nitrogen and oxygen atoms in total. The van der Waals surface area contributed by atoms with E-state index < -0.39 is 6.10 Å². The third kappa shape index (κ3) is 4.71. The fourth-order valence-electron chi connectivity index (χ4n) is 3.97. The highest BCUT2D eigenvalue weighted by molar-refractivity contribution is 5.81. The van der Waals surface area contributed by atoms with E-state index in [4.69, 9.17) is 4.74 Å². The van der Waals surface area contributed by atoms with Crippen LogP contribution in [-0.2, 0) is 17.6 Å². The van der Waals surface area contributed by atoms with Crippen molar-refractivity contribution in [3.05, 3.63) is 64.2 Å². The Kier molecular flexibility index (Phi) is 6.20. The summed E-state index contributed by atoms with van der Waals surface area (Å²) in [6, 6.07) is 12.6. The number of fused-ring (bicyclic) bond motifs is 1. The van der Waals surface area contributed by atoms with Gasteiger partial charge in [0.25, 0.3) is 5.91 Å². The fourth-order valence-corrected chi connectivity index (χ4v) is 3.97. The minimum absolute atomic E-state index is 0.0423. The third-order valence-corrected chi connectivity index (χ3v) is 5.51. The molecule has 27 heavy (non-hydrogen) atoms. The summed E-state index contributed by atoms with van der Waals surface area (Å²) in [7, 11) is 0. The van der Waals surface area contributed by atoms with E-state index in [0.717, 1.165) is 24.2 Å². The van der Waals surface area contributed by atoms with Crippen molar-refractivity contribution in [1.82, 2.24) is 5.32 Å². The van der Waals surface area contributed by atoms with Gasteiger partial charge in [-0.3, -0.25) is 4.79 Å². The normalized spacial score (nSPS) is 15.6. The monoisotopic (exact) mass is 365 g/mol. The van der Waals surface area contributed by atoms with E-state index >= 15 is 0 Å². The molecular formula is C24H31NO2. The molecule has 0 aliphatic heterocycles. The first-order valence-corrected chi connectivity index (χ1v) is 10.1. The molecule has 1 aliphatic rings. The summed E-state index contributed by atoms with van der Waals surface area (Å²) in [6.45, 7) is 8.19. The maximum Gasteiger partial charge on any atom is 0.261 e. The quantitative estimate of drug-likeness (QED) is 0.762. The van der Waals surface area contributed by atoms with Gasteiger partial charge < -0.3 is 10.1 Å². The molecule has 144 valence electrons. The van der Waals surface area contributed by atoms with Gasteiger partial charge in [-0.25, -0.2) is 0 Å². The average Bonchev–Trinajstić information content (AvgIpc) is 2.65. The molecule has 2 aromatic rings. The van der Waals surface area contributed by atoms with Gasteiger partial charge in [-0.05, 0) is 87.3 Å². The standard InChI is InChI=1S/C24H31NO2/c1-5-23(27-21-12-11-19-8-6-7-9-20(19)15-21)24(26)25-18(4)22-13-10-16(2)14-17(22)3/h10-15,18,23H,5-9H2,1-4H3,(H,25,26)/t18-,23-/m1/s1. The van der Waals surface area contributed by atoms with Gasteiger partial charge in [-0.2, -0.15) is 0 Å². The van der Waals surface area contributed by atoms with Gasteiger partial charge in [0.15, 0.2) is 6.10 Å². The molecule has 1 N–H and O–H groups in total. The number of rotatable bonds is 6. The Hall–Kier alpha value is -2.29. The van der Waals surface area contributed by atoms with Gasteiger partial charge in [0.2, 0.25) is 0 Å². The maximum atomic E-state index is 12.8. The van der Waals surface area contributed by atoms with Crippen LogP contribution in [0.4, 0.5) is 0 Å². The largest absolute Gasteiger partial charge is 0.481 e. The van der Waals surface area contributed by atoms with Crippen molar-refractivity contribution in [2.45, 2.75) is 71.9 Å². The number of aryl methyl sites for hydroxylation is 4. The summed E-state index contributed by atoms with van der Waals surface area (Å²) in [5.74, 6) is 0.750. The van der Waals surface area contributed by atoms with Gasteiger partial charge in [-0.1, -0.05) is 36.8 Å². The number of ether oxygens (including phenoxy) is 1. The number of hydrogen-bond donors (Lipinski definition) is 1. The minimum atomic E-state index is -0.472. The smallest absolute Gasteiger partial charge is 0.261 e. The highest BCUT2D eigenvalue weighted by Gasteiger charge is 2.22. The zero-order chi connectivity index (χ0) is 19.4. The number of benzene rings is 2. The van der Waals surface area contributed by atoms with Crippen molar-refractivity contribution in [2.24, 2.45) is 0 Å². The molecule has 0 unspecified atom stereocenters. The first kappa shape index (κ1) is 19.5. The van der Waals surface area contributed by atoms with Gasteiger partial charge >= 0.3 is 0 Å². The Morgan fingerprint density at radius 1 is 1.07 bits per heavy atom. The first-order chi connectivity index (χ1) is 13.0. The van der Waals surface area contributed by atoms with Crippen molar-refractivity contribution in [2.75, 3.05) is 0 Å². The van der Waals surface area contributed by atoms with E-state index in [9.17, 15) is 4.79 Å².